The first-order valence-electron chi connectivity index (χ1n) is 2.67. The summed E-state index contributed by atoms with van der Waals surface area (Å²) in [6, 6.07) is 0. The van der Waals surface area contributed by atoms with Crippen LogP contribution in [0, 0.1) is 29.1 Å². The van der Waals surface area contributed by atoms with E-state index >= 15 is 0 Å². The van der Waals surface area contributed by atoms with Gasteiger partial charge in [-0.15, -0.1) is 0 Å². The normalized spacial score (nSPS) is 8.93. The Kier molecular flexibility index (Phi) is 6.31. The van der Waals surface area contributed by atoms with Crippen LogP contribution < -0.4 is 29.6 Å². The van der Waals surface area contributed by atoms with E-state index in [1.807, 2.05) is 0 Å². The molecule has 74 valence electrons. The third kappa shape index (κ3) is 2.35. The van der Waals surface area contributed by atoms with Crippen LogP contribution in [0.3, 0.4) is 0 Å². The molecule has 14 heavy (non-hydrogen) atoms. The SMILES string of the molecule is Oc1c(F)c(F)c(F)c(F)c1F.[Na+].[OH-]. The molecule has 8 heteroatoms. The van der Waals surface area contributed by atoms with Crippen molar-refractivity contribution in [3.63, 3.8) is 0 Å². The van der Waals surface area contributed by atoms with Crippen LogP contribution in [-0.4, -0.2) is 10.6 Å². The van der Waals surface area contributed by atoms with Gasteiger partial charge in [0.25, 0.3) is 0 Å². The summed E-state index contributed by atoms with van der Waals surface area (Å²) < 4.78 is 60.6. The van der Waals surface area contributed by atoms with Crippen molar-refractivity contribution in [2.24, 2.45) is 0 Å². The van der Waals surface area contributed by atoms with E-state index in [1.54, 1.807) is 0 Å². The van der Waals surface area contributed by atoms with Gasteiger partial charge in [-0.25, -0.2) is 13.2 Å². The monoisotopic (exact) mass is 224 g/mol. The zero-order valence-corrected chi connectivity index (χ0v) is 8.78. The molecular weight excluding hydrogens is 222 g/mol. The van der Waals surface area contributed by atoms with E-state index < -0.39 is 34.8 Å². The number of halogens is 5. The standard InChI is InChI=1S/C6HF5O.Na.H2O/c7-1-2(8)4(10)6(12)5(11)3(1)9;;/h12H;;1H2/q;+1;/p-1. The van der Waals surface area contributed by atoms with Gasteiger partial charge in [0.15, 0.2) is 5.75 Å². The molecule has 1 aromatic rings. The number of phenols is 1. The number of aromatic hydroxyl groups is 1. The summed E-state index contributed by atoms with van der Waals surface area (Å²) in [6.07, 6.45) is 0. The maximum absolute atomic E-state index is 12.2. The molecule has 0 aliphatic rings. The summed E-state index contributed by atoms with van der Waals surface area (Å²) in [4.78, 5) is 0. The Balaban J connectivity index is 0. The van der Waals surface area contributed by atoms with Crippen molar-refractivity contribution in [1.29, 1.82) is 0 Å². The van der Waals surface area contributed by atoms with E-state index in [4.69, 9.17) is 5.11 Å². The van der Waals surface area contributed by atoms with E-state index in [0.29, 0.717) is 0 Å². The van der Waals surface area contributed by atoms with Gasteiger partial charge < -0.3 is 10.6 Å². The molecule has 0 heterocycles. The van der Waals surface area contributed by atoms with Crippen LogP contribution in [0.5, 0.6) is 5.75 Å². The van der Waals surface area contributed by atoms with Crippen molar-refractivity contribution in [2.75, 3.05) is 0 Å². The fraction of sp³-hybridized carbons (Fsp3) is 0. The molecule has 0 saturated carbocycles. The van der Waals surface area contributed by atoms with Gasteiger partial charge in [0, 0.05) is 0 Å². The first kappa shape index (κ1) is 16.1. The Labute approximate surface area is 96.9 Å². The second kappa shape index (κ2) is 5.50. The topological polar surface area (TPSA) is 50.2 Å². The van der Waals surface area contributed by atoms with E-state index in [9.17, 15) is 22.0 Å². The van der Waals surface area contributed by atoms with Crippen molar-refractivity contribution in [3.8, 4) is 5.75 Å². The summed E-state index contributed by atoms with van der Waals surface area (Å²) in [5, 5.41) is 8.30. The van der Waals surface area contributed by atoms with E-state index in [1.165, 1.54) is 0 Å². The van der Waals surface area contributed by atoms with Gasteiger partial charge in [-0.1, -0.05) is 0 Å². The molecule has 0 fully saturated rings. The molecule has 2 nitrogen and oxygen atoms in total. The summed E-state index contributed by atoms with van der Waals surface area (Å²) in [5.74, 6) is -12.9. The molecule has 1 aromatic carbocycles. The molecule has 0 amide bonds. The molecule has 0 radical (unpaired) electrons. The van der Waals surface area contributed by atoms with Gasteiger partial charge in [-0.2, -0.15) is 8.78 Å². The Morgan fingerprint density at radius 2 is 0.857 bits per heavy atom. The molecule has 0 spiro atoms. The minimum atomic E-state index is -2.29. The van der Waals surface area contributed by atoms with Crippen molar-refractivity contribution in [2.45, 2.75) is 0 Å². The predicted octanol–water partition coefficient (Wildman–Crippen LogP) is -1.09. The Hall–Kier alpha value is -0.370. The molecule has 0 bridgehead atoms. The smallest absolute Gasteiger partial charge is 0.870 e. The van der Waals surface area contributed by atoms with Crippen LogP contribution in [0.25, 0.3) is 0 Å². The van der Waals surface area contributed by atoms with Crippen LogP contribution in [-0.2, 0) is 0 Å². The number of benzene rings is 1. The fourth-order valence-corrected chi connectivity index (χ4v) is 0.593. The number of hydrogen-bond acceptors (Lipinski definition) is 2. The summed E-state index contributed by atoms with van der Waals surface area (Å²) in [6.45, 7) is 0. The first-order chi connectivity index (χ1) is 5.46. The molecule has 0 atom stereocenters. The van der Waals surface area contributed by atoms with Crippen molar-refractivity contribution < 1.29 is 62.1 Å². The molecule has 0 aliphatic heterocycles. The third-order valence-electron chi connectivity index (χ3n) is 1.19. The first-order valence-corrected chi connectivity index (χ1v) is 2.67. The van der Waals surface area contributed by atoms with Crippen molar-refractivity contribution in [3.05, 3.63) is 29.1 Å². The van der Waals surface area contributed by atoms with Crippen LogP contribution >= 0.6 is 0 Å². The van der Waals surface area contributed by atoms with E-state index in [0.717, 1.165) is 0 Å². The van der Waals surface area contributed by atoms with Gasteiger partial charge in [-0.05, 0) is 0 Å². The Morgan fingerprint density at radius 1 is 0.643 bits per heavy atom. The van der Waals surface area contributed by atoms with E-state index in [-0.39, 0.29) is 35.0 Å². The van der Waals surface area contributed by atoms with Crippen molar-refractivity contribution >= 4 is 0 Å². The maximum Gasteiger partial charge on any atom is 1.00 e. The van der Waals surface area contributed by atoms with Gasteiger partial charge in [0.1, 0.15) is 0 Å². The number of rotatable bonds is 0. The van der Waals surface area contributed by atoms with Crippen LogP contribution in [0.15, 0.2) is 0 Å². The van der Waals surface area contributed by atoms with Gasteiger partial charge >= 0.3 is 29.6 Å². The van der Waals surface area contributed by atoms with Crippen molar-refractivity contribution in [1.82, 2.24) is 0 Å². The second-order valence-electron chi connectivity index (χ2n) is 1.92. The summed E-state index contributed by atoms with van der Waals surface area (Å²) in [7, 11) is 0. The number of phenolic OH excluding ortho intramolecular Hbond substituents is 1. The quantitative estimate of drug-likeness (QED) is 0.263. The third-order valence-corrected chi connectivity index (χ3v) is 1.19. The minimum Gasteiger partial charge on any atom is -0.870 e. The minimum absolute atomic E-state index is 0. The fourth-order valence-electron chi connectivity index (χ4n) is 0.593. The van der Waals surface area contributed by atoms with Crippen LogP contribution in [0.1, 0.15) is 0 Å². The van der Waals surface area contributed by atoms with Crippen LogP contribution in [0.2, 0.25) is 0 Å². The second-order valence-corrected chi connectivity index (χ2v) is 1.92. The summed E-state index contributed by atoms with van der Waals surface area (Å²) in [5.41, 5.74) is 0. The zero-order chi connectivity index (χ0) is 9.46. The molecule has 0 unspecified atom stereocenters. The summed E-state index contributed by atoms with van der Waals surface area (Å²) >= 11 is 0. The molecular formula is C6H2F5NaO2. The molecule has 0 aromatic heterocycles. The average Bonchev–Trinajstić information content (AvgIpc) is 2.08. The van der Waals surface area contributed by atoms with Gasteiger partial charge in [0.05, 0.1) is 0 Å². The zero-order valence-electron chi connectivity index (χ0n) is 6.78. The maximum atomic E-state index is 12.2. The molecule has 2 N–H and O–H groups in total. The Morgan fingerprint density at radius 3 is 1.14 bits per heavy atom. The van der Waals surface area contributed by atoms with Crippen LogP contribution in [0.4, 0.5) is 22.0 Å². The largest absolute Gasteiger partial charge is 1.00 e. The molecule has 1 rings (SSSR count). The Bertz CT molecular complexity index is 238. The van der Waals surface area contributed by atoms with Gasteiger partial charge in [-0.3, -0.25) is 0 Å². The average molecular weight is 224 g/mol. The van der Waals surface area contributed by atoms with Gasteiger partial charge in [0.2, 0.25) is 29.1 Å². The van der Waals surface area contributed by atoms with E-state index in [2.05, 4.69) is 0 Å². The predicted molar refractivity (Wildman–Crippen MR) is 29.8 cm³/mol. The molecule has 0 aliphatic carbocycles. The number of hydrogen-bond donors (Lipinski definition) is 1. The molecule has 0 saturated heterocycles.